The molecule has 1 aromatic heterocycles. The van der Waals surface area contributed by atoms with Crippen LogP contribution in [0.15, 0.2) is 4.52 Å². The molecule has 0 radical (unpaired) electrons. The van der Waals surface area contributed by atoms with Gasteiger partial charge in [0.05, 0.1) is 6.04 Å². The van der Waals surface area contributed by atoms with Crippen molar-refractivity contribution in [2.45, 2.75) is 52.1 Å². The van der Waals surface area contributed by atoms with Crippen LogP contribution in [0.1, 0.15) is 51.4 Å². The van der Waals surface area contributed by atoms with Crippen molar-refractivity contribution in [3.63, 3.8) is 0 Å². The molecule has 0 amide bonds. The zero-order valence-electron chi connectivity index (χ0n) is 12.5. The zero-order chi connectivity index (χ0) is 13.8. The Labute approximate surface area is 115 Å². The van der Waals surface area contributed by atoms with Crippen molar-refractivity contribution in [1.82, 2.24) is 20.4 Å². The molecule has 108 valence electrons. The van der Waals surface area contributed by atoms with E-state index in [4.69, 9.17) is 4.52 Å². The molecule has 2 heterocycles. The lowest BCUT2D eigenvalue weighted by molar-refractivity contribution is 0.145. The maximum Gasteiger partial charge on any atom is 0.226 e. The Hall–Kier alpha value is -0.940. The first-order chi connectivity index (χ1) is 9.10. The van der Waals surface area contributed by atoms with E-state index < -0.39 is 0 Å². The van der Waals surface area contributed by atoms with Crippen molar-refractivity contribution >= 4 is 0 Å². The molecule has 0 aromatic carbocycles. The van der Waals surface area contributed by atoms with Gasteiger partial charge in [0.15, 0.2) is 5.82 Å². The van der Waals surface area contributed by atoms with Crippen molar-refractivity contribution < 1.29 is 4.52 Å². The van der Waals surface area contributed by atoms with Gasteiger partial charge in [-0.3, -0.25) is 0 Å². The highest BCUT2D eigenvalue weighted by Crippen LogP contribution is 2.22. The van der Waals surface area contributed by atoms with E-state index in [1.165, 1.54) is 25.9 Å². The minimum absolute atomic E-state index is 0.153. The molecule has 1 saturated heterocycles. The van der Waals surface area contributed by atoms with E-state index in [9.17, 15) is 0 Å². The summed E-state index contributed by atoms with van der Waals surface area (Å²) in [6, 6.07) is 0.813. The van der Waals surface area contributed by atoms with Gasteiger partial charge in [-0.2, -0.15) is 4.98 Å². The van der Waals surface area contributed by atoms with E-state index in [1.54, 1.807) is 0 Å². The number of nitrogens with zero attached hydrogens (tertiary/aromatic N) is 3. The molecule has 1 N–H and O–H groups in total. The number of piperidine rings is 1. The number of aromatic nitrogens is 2. The molecule has 19 heavy (non-hydrogen) atoms. The Morgan fingerprint density at radius 2 is 2.00 bits per heavy atom. The van der Waals surface area contributed by atoms with Gasteiger partial charge in [0.2, 0.25) is 5.89 Å². The third-order valence-corrected chi connectivity index (χ3v) is 4.15. The fraction of sp³-hybridized carbons (Fsp3) is 0.857. The standard InChI is InChI=1S/C14H26N4O/c1-10(2)18-7-5-12(6-8-18)9-13-16-14(17-19-13)11(3)15-4/h10-12,15H,5-9H2,1-4H3. The monoisotopic (exact) mass is 266 g/mol. The smallest absolute Gasteiger partial charge is 0.226 e. The van der Waals surface area contributed by atoms with Crippen LogP contribution in [0.4, 0.5) is 0 Å². The zero-order valence-corrected chi connectivity index (χ0v) is 12.5. The highest BCUT2D eigenvalue weighted by Gasteiger charge is 2.23. The number of nitrogens with one attached hydrogen (secondary N) is 1. The fourth-order valence-electron chi connectivity index (χ4n) is 2.58. The third-order valence-electron chi connectivity index (χ3n) is 4.15. The fourth-order valence-corrected chi connectivity index (χ4v) is 2.58. The normalized spacial score (nSPS) is 20.1. The Morgan fingerprint density at radius 1 is 1.32 bits per heavy atom. The summed E-state index contributed by atoms with van der Waals surface area (Å²) in [5, 5.41) is 7.16. The van der Waals surface area contributed by atoms with E-state index >= 15 is 0 Å². The first-order valence-corrected chi connectivity index (χ1v) is 7.34. The van der Waals surface area contributed by atoms with Crippen LogP contribution >= 0.6 is 0 Å². The van der Waals surface area contributed by atoms with E-state index in [2.05, 4.69) is 34.2 Å². The molecule has 5 heteroatoms. The first kappa shape index (κ1) is 14.5. The van der Waals surface area contributed by atoms with Crippen molar-refractivity contribution in [1.29, 1.82) is 0 Å². The summed E-state index contributed by atoms with van der Waals surface area (Å²) in [6.07, 6.45) is 3.39. The molecule has 5 nitrogen and oxygen atoms in total. The minimum atomic E-state index is 0.153. The average Bonchev–Trinajstić information content (AvgIpc) is 2.87. The SMILES string of the molecule is CNC(C)c1noc(CC2CCN(C(C)C)CC2)n1. The van der Waals surface area contributed by atoms with Crippen LogP contribution in [0.2, 0.25) is 0 Å². The molecule has 1 atom stereocenters. The van der Waals surface area contributed by atoms with Crippen LogP contribution < -0.4 is 5.32 Å². The molecular weight excluding hydrogens is 240 g/mol. The minimum Gasteiger partial charge on any atom is -0.339 e. The molecular formula is C14H26N4O. The maximum absolute atomic E-state index is 5.35. The van der Waals surface area contributed by atoms with Gasteiger partial charge < -0.3 is 14.7 Å². The molecule has 2 rings (SSSR count). The molecule has 1 fully saturated rings. The van der Waals surface area contributed by atoms with Crippen LogP contribution in [0.3, 0.4) is 0 Å². The second-order valence-electron chi connectivity index (χ2n) is 5.83. The average molecular weight is 266 g/mol. The summed E-state index contributed by atoms with van der Waals surface area (Å²) in [5.41, 5.74) is 0. The van der Waals surface area contributed by atoms with Gasteiger partial charge >= 0.3 is 0 Å². The summed E-state index contributed by atoms with van der Waals surface area (Å²) in [5.74, 6) is 2.24. The largest absolute Gasteiger partial charge is 0.339 e. The topological polar surface area (TPSA) is 54.2 Å². The Bertz CT molecular complexity index is 383. The van der Waals surface area contributed by atoms with Crippen LogP contribution in [0.5, 0.6) is 0 Å². The summed E-state index contributed by atoms with van der Waals surface area (Å²) in [7, 11) is 1.91. The maximum atomic E-state index is 5.35. The van der Waals surface area contributed by atoms with Gasteiger partial charge in [0, 0.05) is 12.5 Å². The van der Waals surface area contributed by atoms with Gasteiger partial charge in [0.1, 0.15) is 0 Å². The summed E-state index contributed by atoms with van der Waals surface area (Å²) >= 11 is 0. The Morgan fingerprint density at radius 3 is 2.58 bits per heavy atom. The van der Waals surface area contributed by atoms with E-state index in [1.807, 2.05) is 14.0 Å². The van der Waals surface area contributed by atoms with Gasteiger partial charge in [-0.05, 0) is 59.7 Å². The summed E-state index contributed by atoms with van der Waals surface area (Å²) in [6.45, 7) is 8.95. The predicted octanol–water partition coefficient (Wildman–Crippen LogP) is 2.01. The third kappa shape index (κ3) is 3.76. The first-order valence-electron chi connectivity index (χ1n) is 7.34. The quantitative estimate of drug-likeness (QED) is 0.883. The molecule has 1 aromatic rings. The van der Waals surface area contributed by atoms with E-state index in [0.717, 1.165) is 18.1 Å². The molecule has 1 unspecified atom stereocenters. The number of likely N-dealkylation sites (tertiary alicyclic amines) is 1. The molecule has 0 spiro atoms. The molecule has 0 saturated carbocycles. The van der Waals surface area contributed by atoms with Crippen LogP contribution in [-0.2, 0) is 6.42 Å². The van der Waals surface area contributed by atoms with Gasteiger partial charge in [0.25, 0.3) is 0 Å². The molecule has 0 aliphatic carbocycles. The second-order valence-corrected chi connectivity index (χ2v) is 5.83. The predicted molar refractivity (Wildman–Crippen MR) is 74.9 cm³/mol. The molecule has 0 bridgehead atoms. The van der Waals surface area contributed by atoms with Crippen molar-refractivity contribution in [3.05, 3.63) is 11.7 Å². The Balaban J connectivity index is 1.84. The van der Waals surface area contributed by atoms with Gasteiger partial charge in [-0.25, -0.2) is 0 Å². The molecule has 1 aliphatic heterocycles. The Kier molecular flexibility index (Phi) is 4.93. The van der Waals surface area contributed by atoms with Crippen LogP contribution in [-0.4, -0.2) is 41.2 Å². The van der Waals surface area contributed by atoms with Crippen LogP contribution in [0.25, 0.3) is 0 Å². The molecule has 1 aliphatic rings. The van der Waals surface area contributed by atoms with Crippen molar-refractivity contribution in [2.75, 3.05) is 20.1 Å². The summed E-state index contributed by atoms with van der Waals surface area (Å²) in [4.78, 5) is 7.02. The second kappa shape index (κ2) is 6.48. The van der Waals surface area contributed by atoms with E-state index in [0.29, 0.717) is 12.0 Å². The van der Waals surface area contributed by atoms with Gasteiger partial charge in [-0.15, -0.1) is 0 Å². The lowest BCUT2D eigenvalue weighted by atomic mass is 9.93. The number of hydrogen-bond donors (Lipinski definition) is 1. The van der Waals surface area contributed by atoms with Crippen molar-refractivity contribution in [3.8, 4) is 0 Å². The van der Waals surface area contributed by atoms with Gasteiger partial charge in [-0.1, -0.05) is 5.16 Å². The van der Waals surface area contributed by atoms with Crippen LogP contribution in [0, 0.1) is 5.92 Å². The van der Waals surface area contributed by atoms with Crippen molar-refractivity contribution in [2.24, 2.45) is 5.92 Å². The number of rotatable bonds is 5. The summed E-state index contributed by atoms with van der Waals surface area (Å²) < 4.78 is 5.35. The lowest BCUT2D eigenvalue weighted by Crippen LogP contribution is -2.38. The lowest BCUT2D eigenvalue weighted by Gasteiger charge is -2.34. The highest BCUT2D eigenvalue weighted by atomic mass is 16.5. The van der Waals surface area contributed by atoms with E-state index in [-0.39, 0.29) is 6.04 Å². The highest BCUT2D eigenvalue weighted by molar-refractivity contribution is 4.93. The number of hydrogen-bond acceptors (Lipinski definition) is 5.